The Balaban J connectivity index is 0.000000172. The number of nitrogens with zero attached hydrogens (tertiary/aromatic N) is 3. The molecule has 0 aromatic heterocycles. The second kappa shape index (κ2) is 15.6. The second-order valence-corrected chi connectivity index (χ2v) is 14.5. The highest BCUT2D eigenvalue weighted by atomic mass is 35.5. The van der Waals surface area contributed by atoms with Gasteiger partial charge in [-0.05, 0) is 67.8 Å². The fraction of sp³-hybridized carbons (Fsp3) is 0.487. The lowest BCUT2D eigenvalue weighted by molar-refractivity contribution is -0.142. The third-order valence-electron chi connectivity index (χ3n) is 11.6. The van der Waals surface area contributed by atoms with Crippen LogP contribution in [0.4, 0.5) is 0 Å². The van der Waals surface area contributed by atoms with Crippen molar-refractivity contribution in [3.63, 3.8) is 0 Å². The molecule has 3 aliphatic heterocycles. The molecule has 0 radical (unpaired) electrons. The van der Waals surface area contributed by atoms with Crippen LogP contribution in [0.3, 0.4) is 0 Å². The highest BCUT2D eigenvalue weighted by Gasteiger charge is 2.69. The van der Waals surface area contributed by atoms with Gasteiger partial charge in [0.05, 0.1) is 19.8 Å². The molecule has 3 aliphatic carbocycles. The van der Waals surface area contributed by atoms with Crippen LogP contribution in [0, 0.1) is 23.2 Å². The molecule has 2 aromatic rings. The first-order chi connectivity index (χ1) is 23.8. The number of carboxylic acid groups (broad SMARTS) is 1. The monoisotopic (exact) mass is 723 g/mol. The molecule has 3 unspecified atom stereocenters. The van der Waals surface area contributed by atoms with Crippen LogP contribution in [-0.2, 0) is 23.8 Å². The van der Waals surface area contributed by atoms with Crippen LogP contribution in [-0.4, -0.2) is 110 Å². The molecule has 6 aliphatic rings. The molecule has 3 saturated heterocycles. The van der Waals surface area contributed by atoms with Crippen molar-refractivity contribution in [1.82, 2.24) is 14.7 Å². The van der Waals surface area contributed by atoms with Gasteiger partial charge in [0, 0.05) is 61.0 Å². The molecule has 2 aromatic carbocycles. The number of carbonyl (C=O) groups is 2. The van der Waals surface area contributed by atoms with Crippen LogP contribution in [0.5, 0.6) is 0 Å². The number of ketones is 1. The fourth-order valence-corrected chi connectivity index (χ4v) is 9.45. The Labute approximate surface area is 305 Å². The van der Waals surface area contributed by atoms with Crippen molar-refractivity contribution in [3.05, 3.63) is 107 Å². The van der Waals surface area contributed by atoms with Gasteiger partial charge in [-0.2, -0.15) is 0 Å². The highest BCUT2D eigenvalue weighted by Crippen LogP contribution is 2.66. The van der Waals surface area contributed by atoms with E-state index in [1.165, 1.54) is 11.1 Å². The Morgan fingerprint density at radius 2 is 1.74 bits per heavy atom. The maximum absolute atomic E-state index is 12.6. The third kappa shape index (κ3) is 6.88. The smallest absolute Gasteiger partial charge is 0.329 e. The molecule has 3 heterocycles. The van der Waals surface area contributed by atoms with Gasteiger partial charge in [-0.1, -0.05) is 66.2 Å². The van der Waals surface area contributed by atoms with Gasteiger partial charge in [0.2, 0.25) is 0 Å². The summed E-state index contributed by atoms with van der Waals surface area (Å²) in [5.41, 5.74) is 2.46. The number of halogens is 2. The largest absolute Gasteiger partial charge is 0.493 e. The minimum absolute atomic E-state index is 0. The number of benzene rings is 2. The van der Waals surface area contributed by atoms with E-state index in [0.29, 0.717) is 30.4 Å². The molecule has 0 amide bonds. The van der Waals surface area contributed by atoms with Crippen molar-refractivity contribution in [2.24, 2.45) is 23.2 Å². The van der Waals surface area contributed by atoms with Crippen LogP contribution in [0.1, 0.15) is 30.0 Å². The highest BCUT2D eigenvalue weighted by molar-refractivity contribution is 6.30. The summed E-state index contributed by atoms with van der Waals surface area (Å²) < 4.78 is 17.0. The van der Waals surface area contributed by atoms with E-state index in [2.05, 4.69) is 70.3 Å². The normalized spacial score (nSPS) is 30.4. The molecular formula is C39H47Cl2N3O6. The van der Waals surface area contributed by atoms with Gasteiger partial charge in [0.25, 0.3) is 0 Å². The van der Waals surface area contributed by atoms with Crippen molar-refractivity contribution in [2.75, 3.05) is 66.6 Å². The van der Waals surface area contributed by atoms with Gasteiger partial charge in [-0.3, -0.25) is 14.6 Å². The van der Waals surface area contributed by atoms with Gasteiger partial charge in [0.1, 0.15) is 12.4 Å². The Morgan fingerprint density at radius 1 is 1.02 bits per heavy atom. The first kappa shape index (κ1) is 36.6. The van der Waals surface area contributed by atoms with Crippen molar-refractivity contribution < 1.29 is 28.9 Å². The van der Waals surface area contributed by atoms with Gasteiger partial charge in [0.15, 0.2) is 17.6 Å². The number of ether oxygens (including phenoxy) is 3. The van der Waals surface area contributed by atoms with E-state index in [9.17, 15) is 9.59 Å². The maximum atomic E-state index is 12.6. The number of rotatable bonds is 9. The molecule has 1 spiro atoms. The minimum atomic E-state index is -0.923. The maximum Gasteiger partial charge on any atom is 0.329 e. The number of methoxy groups -OCH3 is 1. The molecular weight excluding hydrogens is 677 g/mol. The van der Waals surface area contributed by atoms with Gasteiger partial charge in [-0.15, -0.1) is 12.4 Å². The molecule has 8 rings (SSSR count). The minimum Gasteiger partial charge on any atom is -0.493 e. The SMILES string of the molecule is COC1=C2O[C@H]3C(=O)C=C[C@H]4[C@H]5CC(C=C1)C2[C@@]34CCN5C.Cl.O=C(O)COCCN1CCN(C(c2ccccc2)c2ccc(Cl)cc2)CC1. The first-order valence-electron chi connectivity index (χ1n) is 17.4. The number of hydrogen-bond acceptors (Lipinski definition) is 8. The Hall–Kier alpha value is -3.18. The first-order valence-corrected chi connectivity index (χ1v) is 17.8. The molecule has 1 N–H and O–H groups in total. The summed E-state index contributed by atoms with van der Waals surface area (Å²) in [6, 6.07) is 19.4. The summed E-state index contributed by atoms with van der Waals surface area (Å²) in [6.45, 7) is 5.80. The number of piperazine rings is 1. The van der Waals surface area contributed by atoms with Crippen LogP contribution in [0.2, 0.25) is 5.02 Å². The average molecular weight is 725 g/mol. The molecule has 2 bridgehead atoms. The molecule has 1 saturated carbocycles. The number of allylic oxidation sites excluding steroid dienone is 3. The summed E-state index contributed by atoms with van der Waals surface area (Å²) in [6.07, 6.45) is 10.1. The Morgan fingerprint density at radius 3 is 2.44 bits per heavy atom. The van der Waals surface area contributed by atoms with Gasteiger partial charge in [-0.25, -0.2) is 4.79 Å². The van der Waals surface area contributed by atoms with Crippen molar-refractivity contribution in [2.45, 2.75) is 31.0 Å². The topological polar surface area (TPSA) is 91.8 Å². The number of carbonyl (C=O) groups excluding carboxylic acids is 1. The summed E-state index contributed by atoms with van der Waals surface area (Å²) in [4.78, 5) is 30.4. The van der Waals surface area contributed by atoms with E-state index in [1.807, 2.05) is 24.3 Å². The fourth-order valence-electron chi connectivity index (χ4n) is 9.33. The number of aliphatic carboxylic acids is 1. The summed E-state index contributed by atoms with van der Waals surface area (Å²) >= 11 is 6.08. The lowest BCUT2D eigenvalue weighted by atomic mass is 9.48. The third-order valence-corrected chi connectivity index (χ3v) is 11.8. The molecule has 268 valence electrons. The number of likely N-dealkylation sites (tertiary alicyclic amines) is 1. The van der Waals surface area contributed by atoms with Gasteiger partial charge >= 0.3 is 5.97 Å². The Kier molecular flexibility index (Phi) is 11.4. The van der Waals surface area contributed by atoms with Crippen molar-refractivity contribution >= 4 is 35.8 Å². The predicted octanol–water partition coefficient (Wildman–Crippen LogP) is 5.46. The molecule has 9 nitrogen and oxygen atoms in total. The van der Waals surface area contributed by atoms with Crippen LogP contribution >= 0.6 is 24.0 Å². The quantitative estimate of drug-likeness (QED) is 0.339. The summed E-state index contributed by atoms with van der Waals surface area (Å²) in [7, 11) is 3.91. The summed E-state index contributed by atoms with van der Waals surface area (Å²) in [5.74, 6) is 2.14. The van der Waals surface area contributed by atoms with E-state index in [-0.39, 0.29) is 42.4 Å². The average Bonchev–Trinajstić information content (AvgIpc) is 3.47. The molecule has 50 heavy (non-hydrogen) atoms. The Bertz CT molecular complexity index is 1610. The van der Waals surface area contributed by atoms with Crippen molar-refractivity contribution in [1.29, 1.82) is 0 Å². The van der Waals surface area contributed by atoms with E-state index < -0.39 is 5.97 Å². The number of hydrogen-bond donors (Lipinski definition) is 1. The summed E-state index contributed by atoms with van der Waals surface area (Å²) in [5, 5.41) is 9.37. The van der Waals surface area contributed by atoms with E-state index in [0.717, 1.165) is 68.7 Å². The second-order valence-electron chi connectivity index (χ2n) is 14.1. The molecule has 4 fully saturated rings. The van der Waals surface area contributed by atoms with Gasteiger partial charge < -0.3 is 24.2 Å². The molecule has 11 heteroatoms. The lowest BCUT2D eigenvalue weighted by Gasteiger charge is -2.59. The zero-order valence-electron chi connectivity index (χ0n) is 28.7. The molecule has 7 atom stereocenters. The van der Waals surface area contributed by atoms with E-state index in [1.54, 1.807) is 13.2 Å². The van der Waals surface area contributed by atoms with Crippen LogP contribution < -0.4 is 0 Å². The lowest BCUT2D eigenvalue weighted by Crippen LogP contribution is -2.64. The van der Waals surface area contributed by atoms with Crippen LogP contribution in [0.15, 0.2) is 90.4 Å². The van der Waals surface area contributed by atoms with E-state index >= 15 is 0 Å². The van der Waals surface area contributed by atoms with Crippen LogP contribution in [0.25, 0.3) is 0 Å². The zero-order valence-corrected chi connectivity index (χ0v) is 30.2. The standard InChI is InChI=1S/C21H25ClN2O3.C18H21NO3.ClH/c22-19-8-6-18(7-9-19)21(17-4-2-1-3-5-17)24-12-10-23(11-13-24)14-15-27-16-20(25)26;1-19-8-7-18-11-4-5-13(20)17(18)22-16-14(21-2)6-3-10(15(16)18)9-12(11)19;/h1-9,21H,10-16H2,(H,25,26);3-6,10-12,15,17H,7-9H2,1-2H3;1H/t;10?,11-,12+,15?,17-,18-;/m.0./s1. The zero-order chi connectivity index (χ0) is 34.1. The van der Waals surface area contributed by atoms with Crippen molar-refractivity contribution in [3.8, 4) is 0 Å². The number of piperidine rings is 1. The predicted molar refractivity (Wildman–Crippen MR) is 194 cm³/mol. The number of carboxylic acids is 1. The van der Waals surface area contributed by atoms with E-state index in [4.69, 9.17) is 30.9 Å².